The number of nitrogens with zero attached hydrogens (tertiary/aromatic N) is 2. The fourth-order valence-electron chi connectivity index (χ4n) is 3.98. The summed E-state index contributed by atoms with van der Waals surface area (Å²) in [5.74, 6) is 0.943. The minimum atomic E-state index is 0.0326. The Kier molecular flexibility index (Phi) is 4.48. The standard InChI is InChI=1S/C22H26N2O/c1-16-9-8-10-17(2)24(16)23-20-15-22(18-11-4-3-5-12-18)25-21-14-7-6-13-19(20)21/h3-7,11-14,16-17,22H,8-10,15H2,1-2H3. The molecule has 0 saturated carbocycles. The summed E-state index contributed by atoms with van der Waals surface area (Å²) < 4.78 is 6.29. The molecule has 0 N–H and O–H groups in total. The predicted molar refractivity (Wildman–Crippen MR) is 102 cm³/mol. The Labute approximate surface area is 150 Å². The maximum atomic E-state index is 6.29. The van der Waals surface area contributed by atoms with Crippen LogP contribution in [0.1, 0.15) is 56.8 Å². The highest BCUT2D eigenvalue weighted by Crippen LogP contribution is 2.36. The summed E-state index contributed by atoms with van der Waals surface area (Å²) in [6.45, 7) is 4.58. The SMILES string of the molecule is CC1CCCC(C)N1N=C1CC(c2ccccc2)Oc2ccccc21. The molecule has 25 heavy (non-hydrogen) atoms. The Morgan fingerprint density at radius 1 is 0.920 bits per heavy atom. The van der Waals surface area contributed by atoms with Crippen molar-refractivity contribution in [3.8, 4) is 5.75 Å². The van der Waals surface area contributed by atoms with Gasteiger partial charge < -0.3 is 4.74 Å². The molecule has 2 aliphatic rings. The number of piperidine rings is 1. The monoisotopic (exact) mass is 334 g/mol. The summed E-state index contributed by atoms with van der Waals surface area (Å²) in [5, 5.41) is 7.47. The zero-order chi connectivity index (χ0) is 17.2. The molecule has 0 aromatic heterocycles. The molecule has 3 atom stereocenters. The second-order valence-corrected chi connectivity index (χ2v) is 7.27. The van der Waals surface area contributed by atoms with Gasteiger partial charge in [-0.1, -0.05) is 42.5 Å². The average Bonchev–Trinajstić information content (AvgIpc) is 2.65. The third-order valence-corrected chi connectivity index (χ3v) is 5.40. The van der Waals surface area contributed by atoms with Crippen molar-refractivity contribution in [3.63, 3.8) is 0 Å². The van der Waals surface area contributed by atoms with E-state index < -0.39 is 0 Å². The summed E-state index contributed by atoms with van der Waals surface area (Å²) in [5.41, 5.74) is 3.50. The van der Waals surface area contributed by atoms with E-state index in [0.717, 1.165) is 23.4 Å². The minimum absolute atomic E-state index is 0.0326. The van der Waals surface area contributed by atoms with E-state index in [0.29, 0.717) is 12.1 Å². The van der Waals surface area contributed by atoms with E-state index in [1.165, 1.54) is 24.8 Å². The van der Waals surface area contributed by atoms with Crippen LogP contribution in [0.2, 0.25) is 0 Å². The fourth-order valence-corrected chi connectivity index (χ4v) is 3.98. The Hall–Kier alpha value is -2.29. The van der Waals surface area contributed by atoms with Crippen molar-refractivity contribution in [1.29, 1.82) is 0 Å². The van der Waals surface area contributed by atoms with Crippen molar-refractivity contribution in [3.05, 3.63) is 65.7 Å². The number of fused-ring (bicyclic) bond motifs is 1. The van der Waals surface area contributed by atoms with Crippen molar-refractivity contribution in [2.45, 2.75) is 57.7 Å². The van der Waals surface area contributed by atoms with Crippen molar-refractivity contribution in [1.82, 2.24) is 5.01 Å². The Bertz CT molecular complexity index is 746. The molecule has 1 saturated heterocycles. The first-order valence-corrected chi connectivity index (χ1v) is 9.39. The van der Waals surface area contributed by atoms with Crippen LogP contribution in [0.4, 0.5) is 0 Å². The van der Waals surface area contributed by atoms with Gasteiger partial charge in [-0.3, -0.25) is 5.01 Å². The largest absolute Gasteiger partial charge is 0.485 e. The third kappa shape index (κ3) is 3.28. The molecule has 3 nitrogen and oxygen atoms in total. The van der Waals surface area contributed by atoms with Crippen LogP contribution in [0.15, 0.2) is 59.7 Å². The van der Waals surface area contributed by atoms with Gasteiger partial charge in [0.05, 0.1) is 5.71 Å². The van der Waals surface area contributed by atoms with Crippen LogP contribution in [0.3, 0.4) is 0 Å². The summed E-state index contributed by atoms with van der Waals surface area (Å²) in [6, 6.07) is 19.8. The maximum absolute atomic E-state index is 6.29. The van der Waals surface area contributed by atoms with Crippen molar-refractivity contribution in [2.75, 3.05) is 0 Å². The molecule has 2 heterocycles. The second kappa shape index (κ2) is 6.91. The number of hydrogen-bond acceptors (Lipinski definition) is 3. The predicted octanol–water partition coefficient (Wildman–Crippen LogP) is 5.18. The van der Waals surface area contributed by atoms with Gasteiger partial charge in [-0.05, 0) is 50.8 Å². The summed E-state index contributed by atoms with van der Waals surface area (Å²) in [4.78, 5) is 0. The highest BCUT2D eigenvalue weighted by atomic mass is 16.5. The Morgan fingerprint density at radius 2 is 1.60 bits per heavy atom. The number of rotatable bonds is 2. The number of benzene rings is 2. The first-order chi connectivity index (χ1) is 12.2. The van der Waals surface area contributed by atoms with Crippen LogP contribution in [0, 0.1) is 0 Å². The zero-order valence-electron chi connectivity index (χ0n) is 15.1. The van der Waals surface area contributed by atoms with Gasteiger partial charge >= 0.3 is 0 Å². The fraction of sp³-hybridized carbons (Fsp3) is 0.409. The normalized spacial score (nSPS) is 27.7. The first-order valence-electron chi connectivity index (χ1n) is 9.39. The molecule has 2 aromatic carbocycles. The topological polar surface area (TPSA) is 24.8 Å². The maximum Gasteiger partial charge on any atom is 0.129 e. The van der Waals surface area contributed by atoms with E-state index >= 15 is 0 Å². The molecule has 0 amide bonds. The van der Waals surface area contributed by atoms with Crippen LogP contribution >= 0.6 is 0 Å². The van der Waals surface area contributed by atoms with E-state index in [1.54, 1.807) is 0 Å². The highest BCUT2D eigenvalue weighted by Gasteiger charge is 2.29. The third-order valence-electron chi connectivity index (χ3n) is 5.40. The van der Waals surface area contributed by atoms with Gasteiger partial charge in [0.1, 0.15) is 11.9 Å². The number of ether oxygens (including phenoxy) is 1. The van der Waals surface area contributed by atoms with Crippen LogP contribution in [-0.4, -0.2) is 22.8 Å². The molecule has 0 bridgehead atoms. The number of hydrazone groups is 1. The quantitative estimate of drug-likeness (QED) is 0.756. The van der Waals surface area contributed by atoms with Gasteiger partial charge in [0.2, 0.25) is 0 Å². The molecule has 130 valence electrons. The van der Waals surface area contributed by atoms with Gasteiger partial charge in [0.25, 0.3) is 0 Å². The lowest BCUT2D eigenvalue weighted by atomic mass is 9.95. The van der Waals surface area contributed by atoms with Crippen molar-refractivity contribution in [2.24, 2.45) is 5.10 Å². The molecular formula is C22H26N2O. The molecule has 4 rings (SSSR count). The van der Waals surface area contributed by atoms with Crippen molar-refractivity contribution < 1.29 is 4.74 Å². The first kappa shape index (κ1) is 16.2. The number of hydrogen-bond donors (Lipinski definition) is 0. The van der Waals surface area contributed by atoms with E-state index in [2.05, 4.69) is 61.3 Å². The Morgan fingerprint density at radius 3 is 2.36 bits per heavy atom. The lowest BCUT2D eigenvalue weighted by Crippen LogP contribution is -2.41. The number of para-hydroxylation sites is 1. The lowest BCUT2D eigenvalue weighted by molar-refractivity contribution is 0.107. The van der Waals surface area contributed by atoms with Gasteiger partial charge in [-0.25, -0.2) is 0 Å². The minimum Gasteiger partial charge on any atom is -0.485 e. The molecule has 3 heteroatoms. The highest BCUT2D eigenvalue weighted by molar-refractivity contribution is 6.04. The Balaban J connectivity index is 1.71. The van der Waals surface area contributed by atoms with Crippen LogP contribution in [-0.2, 0) is 0 Å². The summed E-state index contributed by atoms with van der Waals surface area (Å²) >= 11 is 0. The van der Waals surface area contributed by atoms with Gasteiger partial charge in [-0.2, -0.15) is 5.10 Å². The molecule has 3 unspecified atom stereocenters. The molecule has 0 radical (unpaired) electrons. The summed E-state index contributed by atoms with van der Waals surface area (Å²) in [7, 11) is 0. The van der Waals surface area contributed by atoms with Gasteiger partial charge in [0, 0.05) is 24.1 Å². The van der Waals surface area contributed by atoms with Crippen LogP contribution in [0.25, 0.3) is 0 Å². The molecule has 1 fully saturated rings. The van der Waals surface area contributed by atoms with Crippen LogP contribution < -0.4 is 4.74 Å². The van der Waals surface area contributed by atoms with Crippen molar-refractivity contribution >= 4 is 5.71 Å². The molecular weight excluding hydrogens is 308 g/mol. The zero-order valence-corrected chi connectivity index (χ0v) is 15.1. The average molecular weight is 334 g/mol. The summed E-state index contributed by atoms with van der Waals surface area (Å²) in [6.07, 6.45) is 4.60. The lowest BCUT2D eigenvalue weighted by Gasteiger charge is -2.38. The van der Waals surface area contributed by atoms with E-state index in [1.807, 2.05) is 12.1 Å². The molecule has 2 aliphatic heterocycles. The molecule has 0 aliphatic carbocycles. The second-order valence-electron chi connectivity index (χ2n) is 7.27. The van der Waals surface area contributed by atoms with Gasteiger partial charge in [0.15, 0.2) is 0 Å². The molecule has 2 aromatic rings. The van der Waals surface area contributed by atoms with Crippen LogP contribution in [0.5, 0.6) is 5.75 Å². The van der Waals surface area contributed by atoms with Gasteiger partial charge in [-0.15, -0.1) is 0 Å². The molecule has 0 spiro atoms. The van der Waals surface area contributed by atoms with E-state index in [-0.39, 0.29) is 6.10 Å². The smallest absolute Gasteiger partial charge is 0.129 e. The van der Waals surface area contributed by atoms with E-state index in [9.17, 15) is 0 Å². The van der Waals surface area contributed by atoms with E-state index in [4.69, 9.17) is 9.84 Å².